The molecule has 39 heavy (non-hydrogen) atoms. The fourth-order valence-electron chi connectivity index (χ4n) is 4.90. The lowest BCUT2D eigenvalue weighted by Gasteiger charge is -2.25. The van der Waals surface area contributed by atoms with Gasteiger partial charge >= 0.3 is 11.9 Å². The van der Waals surface area contributed by atoms with Crippen molar-refractivity contribution < 1.29 is 19.8 Å². The summed E-state index contributed by atoms with van der Waals surface area (Å²) in [5, 5.41) is 20.6. The van der Waals surface area contributed by atoms with E-state index in [1.165, 1.54) is 12.1 Å². The van der Waals surface area contributed by atoms with Gasteiger partial charge in [-0.15, -0.1) is 0 Å². The Balaban J connectivity index is 1.54. The van der Waals surface area contributed by atoms with Crippen LogP contribution in [0.2, 0.25) is 0 Å². The van der Waals surface area contributed by atoms with E-state index in [1.807, 2.05) is 60.7 Å². The van der Waals surface area contributed by atoms with Crippen molar-refractivity contribution in [3.05, 3.63) is 132 Å². The lowest BCUT2D eigenvalue weighted by atomic mass is 9.94. The fraction of sp³-hybridized carbons (Fsp3) is 0. The number of benzene rings is 5. The summed E-state index contributed by atoms with van der Waals surface area (Å²) in [5.41, 5.74) is 6.00. The molecule has 0 bridgehead atoms. The topological polar surface area (TPSA) is 90.7 Å². The first-order chi connectivity index (χ1) is 19.0. The average Bonchev–Trinajstić information content (AvgIpc) is 2.97. The number of carbonyl (C=O) groups is 2. The first-order valence-electron chi connectivity index (χ1n) is 12.3. The summed E-state index contributed by atoms with van der Waals surface area (Å²) in [5.74, 6) is -2.10. The third-order valence-corrected chi connectivity index (χ3v) is 6.71. The standard InChI is InChI=1S/C33H22N2O4/c36-32(37)22-13-17-27-29(19-22)34-30-20-23(33(38)39)14-18-28(30)31(27)21-11-15-26(16-12-21)35(24-7-3-1-4-8-24)25-9-5-2-6-10-25/h1-20H,(H,36,37)(H,38,39). The van der Waals surface area contributed by atoms with Gasteiger partial charge in [0.2, 0.25) is 0 Å². The van der Waals surface area contributed by atoms with Crippen LogP contribution in [0.25, 0.3) is 32.9 Å². The summed E-state index contributed by atoms with van der Waals surface area (Å²) in [6.07, 6.45) is 0. The lowest BCUT2D eigenvalue weighted by molar-refractivity contribution is 0.0686. The van der Waals surface area contributed by atoms with Gasteiger partial charge < -0.3 is 15.1 Å². The molecular formula is C33H22N2O4. The van der Waals surface area contributed by atoms with Crippen molar-refractivity contribution in [3.63, 3.8) is 0 Å². The summed E-state index contributed by atoms with van der Waals surface area (Å²) in [6.45, 7) is 0. The number of pyridine rings is 1. The van der Waals surface area contributed by atoms with E-state index in [2.05, 4.69) is 34.1 Å². The van der Waals surface area contributed by atoms with E-state index in [4.69, 9.17) is 0 Å². The maximum Gasteiger partial charge on any atom is 0.335 e. The van der Waals surface area contributed by atoms with Crippen LogP contribution in [-0.4, -0.2) is 27.1 Å². The third kappa shape index (κ3) is 4.45. The molecule has 0 amide bonds. The van der Waals surface area contributed by atoms with E-state index in [-0.39, 0.29) is 11.1 Å². The summed E-state index contributed by atoms with van der Waals surface area (Å²) in [7, 11) is 0. The van der Waals surface area contributed by atoms with Crippen molar-refractivity contribution >= 4 is 50.8 Å². The minimum Gasteiger partial charge on any atom is -0.478 e. The molecule has 188 valence electrons. The Morgan fingerprint density at radius 3 is 1.41 bits per heavy atom. The molecular weight excluding hydrogens is 488 g/mol. The highest BCUT2D eigenvalue weighted by atomic mass is 16.4. The number of aromatic carboxylic acids is 2. The molecule has 5 aromatic carbocycles. The molecule has 0 unspecified atom stereocenters. The molecule has 1 aromatic heterocycles. The minimum atomic E-state index is -1.05. The molecule has 6 heteroatoms. The van der Waals surface area contributed by atoms with Crippen LogP contribution in [0.1, 0.15) is 20.7 Å². The first-order valence-corrected chi connectivity index (χ1v) is 12.3. The number of hydrogen-bond acceptors (Lipinski definition) is 4. The van der Waals surface area contributed by atoms with E-state index < -0.39 is 11.9 Å². The molecule has 0 spiro atoms. The molecule has 0 aliphatic rings. The van der Waals surface area contributed by atoms with Gasteiger partial charge in [0, 0.05) is 33.4 Å². The van der Waals surface area contributed by atoms with Crippen LogP contribution in [0.3, 0.4) is 0 Å². The number of para-hydroxylation sites is 2. The Hall–Kier alpha value is -5.49. The second-order valence-corrected chi connectivity index (χ2v) is 9.11. The van der Waals surface area contributed by atoms with Crippen LogP contribution in [-0.2, 0) is 0 Å². The Kier molecular flexibility index (Phi) is 5.98. The number of hydrogen-bond donors (Lipinski definition) is 2. The molecule has 6 nitrogen and oxygen atoms in total. The number of fused-ring (bicyclic) bond motifs is 2. The largest absolute Gasteiger partial charge is 0.478 e. The minimum absolute atomic E-state index is 0.117. The van der Waals surface area contributed by atoms with Crippen LogP contribution in [0.15, 0.2) is 121 Å². The first kappa shape index (κ1) is 23.9. The van der Waals surface area contributed by atoms with E-state index in [0.29, 0.717) is 11.0 Å². The molecule has 6 aromatic rings. The van der Waals surface area contributed by atoms with E-state index in [9.17, 15) is 19.8 Å². The van der Waals surface area contributed by atoms with Crippen molar-refractivity contribution in [2.45, 2.75) is 0 Å². The van der Waals surface area contributed by atoms with Gasteiger partial charge in [-0.3, -0.25) is 0 Å². The average molecular weight is 511 g/mol. The van der Waals surface area contributed by atoms with Crippen molar-refractivity contribution in [2.75, 3.05) is 4.90 Å². The van der Waals surface area contributed by atoms with Crippen LogP contribution < -0.4 is 4.90 Å². The second-order valence-electron chi connectivity index (χ2n) is 9.11. The highest BCUT2D eigenvalue weighted by molar-refractivity contribution is 6.11. The summed E-state index contributed by atoms with van der Waals surface area (Å²) in [4.78, 5) is 30.1. The SMILES string of the molecule is O=C(O)c1ccc2c(-c3ccc(N(c4ccccc4)c4ccccc4)cc3)c3ccc(C(=O)O)cc3nc2c1. The molecule has 0 aliphatic carbocycles. The quantitative estimate of drug-likeness (QED) is 0.221. The molecule has 0 aliphatic heterocycles. The normalized spacial score (nSPS) is 11.0. The van der Waals surface area contributed by atoms with Crippen molar-refractivity contribution in [2.24, 2.45) is 0 Å². The molecule has 2 N–H and O–H groups in total. The predicted octanol–water partition coefficient (Wildman–Crippen LogP) is 7.92. The van der Waals surface area contributed by atoms with Gasteiger partial charge in [-0.05, 0) is 66.2 Å². The van der Waals surface area contributed by atoms with E-state index in [1.54, 1.807) is 24.3 Å². The summed E-state index contributed by atoms with van der Waals surface area (Å²) in [6, 6.07) is 38.1. The predicted molar refractivity (Wildman–Crippen MR) is 153 cm³/mol. The van der Waals surface area contributed by atoms with E-state index in [0.717, 1.165) is 39.0 Å². The molecule has 1 heterocycles. The molecule has 0 saturated heterocycles. The Morgan fingerprint density at radius 1 is 0.538 bits per heavy atom. The molecule has 0 fully saturated rings. The van der Waals surface area contributed by atoms with Crippen LogP contribution >= 0.6 is 0 Å². The van der Waals surface area contributed by atoms with Gasteiger partial charge in [0.05, 0.1) is 22.2 Å². The zero-order valence-electron chi connectivity index (χ0n) is 20.7. The zero-order valence-corrected chi connectivity index (χ0v) is 20.7. The number of nitrogens with zero attached hydrogens (tertiary/aromatic N) is 2. The van der Waals surface area contributed by atoms with Gasteiger partial charge in [-0.1, -0.05) is 60.7 Å². The monoisotopic (exact) mass is 510 g/mol. The van der Waals surface area contributed by atoms with Crippen molar-refractivity contribution in [1.82, 2.24) is 4.98 Å². The Morgan fingerprint density at radius 2 is 0.974 bits per heavy atom. The van der Waals surface area contributed by atoms with Gasteiger partial charge in [-0.25, -0.2) is 14.6 Å². The van der Waals surface area contributed by atoms with Gasteiger partial charge in [0.25, 0.3) is 0 Å². The van der Waals surface area contributed by atoms with Gasteiger partial charge in [0.15, 0.2) is 0 Å². The Labute approximate surface area is 224 Å². The molecule has 0 radical (unpaired) electrons. The smallest absolute Gasteiger partial charge is 0.335 e. The number of anilines is 3. The van der Waals surface area contributed by atoms with Crippen LogP contribution in [0.4, 0.5) is 17.1 Å². The summed E-state index contributed by atoms with van der Waals surface area (Å²) < 4.78 is 0. The van der Waals surface area contributed by atoms with Crippen molar-refractivity contribution in [3.8, 4) is 11.1 Å². The second kappa shape index (κ2) is 9.76. The zero-order chi connectivity index (χ0) is 26.9. The maximum atomic E-state index is 11.6. The maximum absolute atomic E-state index is 11.6. The number of carboxylic acid groups (broad SMARTS) is 2. The summed E-state index contributed by atoms with van der Waals surface area (Å²) >= 11 is 0. The number of aromatic nitrogens is 1. The number of rotatable bonds is 6. The molecule has 0 saturated carbocycles. The molecule has 0 atom stereocenters. The highest BCUT2D eigenvalue weighted by Crippen LogP contribution is 2.39. The Bertz CT molecular complexity index is 1740. The third-order valence-electron chi connectivity index (χ3n) is 6.71. The fourth-order valence-corrected chi connectivity index (χ4v) is 4.90. The lowest BCUT2D eigenvalue weighted by Crippen LogP contribution is -2.09. The number of carboxylic acids is 2. The van der Waals surface area contributed by atoms with Crippen LogP contribution in [0, 0.1) is 0 Å². The van der Waals surface area contributed by atoms with Gasteiger partial charge in [0.1, 0.15) is 0 Å². The van der Waals surface area contributed by atoms with E-state index >= 15 is 0 Å². The van der Waals surface area contributed by atoms with Crippen molar-refractivity contribution in [1.29, 1.82) is 0 Å². The highest BCUT2D eigenvalue weighted by Gasteiger charge is 2.17. The van der Waals surface area contributed by atoms with Crippen LogP contribution in [0.5, 0.6) is 0 Å². The molecule has 6 rings (SSSR count). The van der Waals surface area contributed by atoms with Gasteiger partial charge in [-0.2, -0.15) is 0 Å².